The van der Waals surface area contributed by atoms with Crippen LogP contribution in [0.25, 0.3) is 5.69 Å². The van der Waals surface area contributed by atoms with E-state index in [4.69, 9.17) is 4.74 Å². The summed E-state index contributed by atoms with van der Waals surface area (Å²) < 4.78 is 45.4. The Hall–Kier alpha value is -3.95. The van der Waals surface area contributed by atoms with Gasteiger partial charge in [0, 0.05) is 25.9 Å². The van der Waals surface area contributed by atoms with Crippen molar-refractivity contribution in [1.82, 2.24) is 15.0 Å². The van der Waals surface area contributed by atoms with Gasteiger partial charge in [-0.05, 0) is 49.2 Å². The van der Waals surface area contributed by atoms with Crippen LogP contribution in [0, 0.1) is 11.3 Å². The number of halogens is 3. The zero-order valence-electron chi connectivity index (χ0n) is 19.2. The summed E-state index contributed by atoms with van der Waals surface area (Å²) in [5.41, 5.74) is 0.470. The minimum atomic E-state index is -4.53. The molecule has 4 rings (SSSR count). The molecule has 0 saturated carbocycles. The number of carbonyl (C=O) groups excluding carboxylic acids is 1. The zero-order chi connectivity index (χ0) is 25.9. The van der Waals surface area contributed by atoms with Gasteiger partial charge in [0.1, 0.15) is 11.8 Å². The van der Waals surface area contributed by atoms with Crippen molar-refractivity contribution in [2.24, 2.45) is 0 Å². The van der Waals surface area contributed by atoms with Crippen molar-refractivity contribution < 1.29 is 27.8 Å². The highest BCUT2D eigenvalue weighted by atomic mass is 19.4. The Morgan fingerprint density at radius 3 is 2.67 bits per heavy atom. The molecule has 3 aromatic rings. The van der Waals surface area contributed by atoms with E-state index in [1.54, 1.807) is 19.2 Å². The van der Waals surface area contributed by atoms with Crippen LogP contribution in [0.1, 0.15) is 35.8 Å². The van der Waals surface area contributed by atoms with Crippen molar-refractivity contribution in [2.75, 3.05) is 30.4 Å². The molecule has 1 aliphatic rings. The zero-order valence-corrected chi connectivity index (χ0v) is 19.2. The van der Waals surface area contributed by atoms with Gasteiger partial charge in [-0.3, -0.25) is 4.79 Å². The predicted octanol–water partition coefficient (Wildman–Crippen LogP) is 3.45. The number of amides is 1. The summed E-state index contributed by atoms with van der Waals surface area (Å²) in [6, 6.07) is 11.4. The van der Waals surface area contributed by atoms with Crippen LogP contribution in [-0.4, -0.2) is 52.3 Å². The first-order valence-corrected chi connectivity index (χ1v) is 11.1. The lowest BCUT2D eigenvalue weighted by atomic mass is 10.0. The Morgan fingerprint density at radius 1 is 1.25 bits per heavy atom. The molecule has 1 atom stereocenters. The number of nitrogens with one attached hydrogen (secondary N) is 1. The molecule has 2 aromatic carbocycles. The van der Waals surface area contributed by atoms with Crippen molar-refractivity contribution in [2.45, 2.75) is 31.2 Å². The first kappa shape index (κ1) is 25.2. The summed E-state index contributed by atoms with van der Waals surface area (Å²) in [6.45, 7) is 1.47. The van der Waals surface area contributed by atoms with Crippen LogP contribution < -0.4 is 10.2 Å². The van der Waals surface area contributed by atoms with Crippen molar-refractivity contribution in [3.05, 3.63) is 65.5 Å². The van der Waals surface area contributed by atoms with Gasteiger partial charge in [-0.15, -0.1) is 5.10 Å². The fourth-order valence-corrected chi connectivity index (χ4v) is 4.01. The van der Waals surface area contributed by atoms with E-state index in [9.17, 15) is 28.3 Å². The van der Waals surface area contributed by atoms with E-state index < -0.39 is 23.8 Å². The van der Waals surface area contributed by atoms with E-state index in [2.05, 4.69) is 26.6 Å². The van der Waals surface area contributed by atoms with Crippen molar-refractivity contribution >= 4 is 17.3 Å². The minimum Gasteiger partial charge on any atom is -0.381 e. The maximum atomic E-state index is 13.0. The standard InChI is InChI=1S/C24H23F3N6O3/c1-36-19-7-9-32(10-8-19)21-6-5-17(11-15(21)13-28)29-23(35)22(34)20-14-33(31-30-20)18-4-2-3-16(12-18)24(25,26)27/h2-6,11-12,14,19,22,34H,7-10H2,1H3,(H,29,35). The molecule has 1 aromatic heterocycles. The molecular weight excluding hydrogens is 477 g/mol. The second kappa shape index (κ2) is 10.3. The van der Waals surface area contributed by atoms with E-state index in [-0.39, 0.29) is 17.5 Å². The SMILES string of the molecule is COC1CCN(c2ccc(NC(=O)C(O)c3cn(-c4cccc(C(F)(F)F)c4)nn3)cc2C#N)CC1. The quantitative estimate of drug-likeness (QED) is 0.533. The fraction of sp³-hybridized carbons (Fsp3) is 0.333. The minimum absolute atomic E-state index is 0.0694. The largest absolute Gasteiger partial charge is 0.416 e. The number of methoxy groups -OCH3 is 1. The molecule has 1 fully saturated rings. The monoisotopic (exact) mass is 500 g/mol. The fourth-order valence-electron chi connectivity index (χ4n) is 4.01. The third kappa shape index (κ3) is 5.48. The Morgan fingerprint density at radius 2 is 2.00 bits per heavy atom. The molecule has 2 N–H and O–H groups in total. The third-order valence-electron chi connectivity index (χ3n) is 5.98. The van der Waals surface area contributed by atoms with Crippen molar-refractivity contribution in [3.8, 4) is 11.8 Å². The molecular formula is C24H23F3N6O3. The number of benzene rings is 2. The highest BCUT2D eigenvalue weighted by Crippen LogP contribution is 2.31. The Labute approximate surface area is 204 Å². The molecule has 2 heterocycles. The second-order valence-electron chi connectivity index (χ2n) is 8.29. The molecule has 1 unspecified atom stereocenters. The molecule has 1 saturated heterocycles. The van der Waals surface area contributed by atoms with E-state index in [0.717, 1.165) is 48.4 Å². The lowest BCUT2D eigenvalue weighted by Crippen LogP contribution is -2.37. The van der Waals surface area contributed by atoms with Crippen molar-refractivity contribution in [1.29, 1.82) is 5.26 Å². The molecule has 12 heteroatoms. The molecule has 1 amide bonds. The smallest absolute Gasteiger partial charge is 0.381 e. The van der Waals surface area contributed by atoms with Gasteiger partial charge in [-0.2, -0.15) is 18.4 Å². The van der Waals surface area contributed by atoms with Gasteiger partial charge in [0.2, 0.25) is 0 Å². The van der Waals surface area contributed by atoms with Crippen LogP contribution in [0.15, 0.2) is 48.7 Å². The molecule has 1 aliphatic heterocycles. The number of piperidine rings is 1. The molecule has 0 radical (unpaired) electrons. The molecule has 36 heavy (non-hydrogen) atoms. The van der Waals surface area contributed by atoms with Gasteiger partial charge in [0.25, 0.3) is 5.91 Å². The van der Waals surface area contributed by atoms with Gasteiger partial charge in [0.05, 0.1) is 34.8 Å². The van der Waals surface area contributed by atoms with Crippen LogP contribution in [0.5, 0.6) is 0 Å². The van der Waals surface area contributed by atoms with Gasteiger partial charge in [0.15, 0.2) is 6.10 Å². The van der Waals surface area contributed by atoms with Gasteiger partial charge in [-0.1, -0.05) is 11.3 Å². The summed E-state index contributed by atoms with van der Waals surface area (Å²) in [5, 5.41) is 30.0. The number of hydrogen-bond acceptors (Lipinski definition) is 7. The summed E-state index contributed by atoms with van der Waals surface area (Å²) in [5.74, 6) is -0.830. The summed E-state index contributed by atoms with van der Waals surface area (Å²) in [4.78, 5) is 14.7. The van der Waals surface area contributed by atoms with Crippen LogP contribution in [-0.2, 0) is 15.7 Å². The molecule has 188 valence electrons. The molecule has 9 nitrogen and oxygen atoms in total. The summed E-state index contributed by atoms with van der Waals surface area (Å²) >= 11 is 0. The van der Waals surface area contributed by atoms with Gasteiger partial charge >= 0.3 is 6.18 Å². The lowest BCUT2D eigenvalue weighted by Gasteiger charge is -2.33. The highest BCUT2D eigenvalue weighted by Gasteiger charge is 2.31. The number of rotatable bonds is 6. The third-order valence-corrected chi connectivity index (χ3v) is 5.98. The number of carbonyl (C=O) groups is 1. The second-order valence-corrected chi connectivity index (χ2v) is 8.29. The van der Waals surface area contributed by atoms with Gasteiger partial charge in [-0.25, -0.2) is 4.68 Å². The van der Waals surface area contributed by atoms with E-state index in [0.29, 0.717) is 11.3 Å². The number of aromatic nitrogens is 3. The number of aliphatic hydroxyl groups is 1. The maximum Gasteiger partial charge on any atom is 0.416 e. The highest BCUT2D eigenvalue weighted by molar-refractivity contribution is 5.94. The normalized spacial score (nSPS) is 15.4. The first-order chi connectivity index (χ1) is 17.2. The topological polar surface area (TPSA) is 116 Å². The number of alkyl halides is 3. The number of anilines is 2. The number of nitrogens with zero attached hydrogens (tertiary/aromatic N) is 5. The van der Waals surface area contributed by atoms with Crippen molar-refractivity contribution in [3.63, 3.8) is 0 Å². The first-order valence-electron chi connectivity index (χ1n) is 11.1. The van der Waals surface area contributed by atoms with E-state index in [1.807, 2.05) is 0 Å². The maximum absolute atomic E-state index is 13.0. The number of aliphatic hydroxyl groups excluding tert-OH is 1. The number of ether oxygens (including phenoxy) is 1. The van der Waals surface area contributed by atoms with Gasteiger partial charge < -0.3 is 20.1 Å². The molecule has 0 aliphatic carbocycles. The molecule has 0 bridgehead atoms. The van der Waals surface area contributed by atoms with Crippen LogP contribution in [0.2, 0.25) is 0 Å². The number of hydrogen-bond donors (Lipinski definition) is 2. The summed E-state index contributed by atoms with van der Waals surface area (Å²) in [6.07, 6.45) is -3.22. The Balaban J connectivity index is 1.45. The Bertz CT molecular complexity index is 1280. The lowest BCUT2D eigenvalue weighted by molar-refractivity contribution is -0.137. The van der Waals surface area contributed by atoms with Crippen LogP contribution >= 0.6 is 0 Å². The van der Waals surface area contributed by atoms with Crippen LogP contribution in [0.3, 0.4) is 0 Å². The number of nitriles is 1. The summed E-state index contributed by atoms with van der Waals surface area (Å²) in [7, 11) is 1.68. The van der Waals surface area contributed by atoms with Crippen LogP contribution in [0.4, 0.5) is 24.5 Å². The van der Waals surface area contributed by atoms with E-state index >= 15 is 0 Å². The average Bonchev–Trinajstić information content (AvgIpc) is 3.38. The molecule has 0 spiro atoms. The average molecular weight is 500 g/mol. The van der Waals surface area contributed by atoms with E-state index in [1.165, 1.54) is 24.4 Å². The predicted molar refractivity (Wildman–Crippen MR) is 123 cm³/mol. The Kier molecular flexibility index (Phi) is 7.23.